The second kappa shape index (κ2) is 9.49. The van der Waals surface area contributed by atoms with Gasteiger partial charge in [-0.1, -0.05) is 36.4 Å². The fourth-order valence-corrected chi connectivity index (χ4v) is 5.22. The summed E-state index contributed by atoms with van der Waals surface area (Å²) in [4.78, 5) is 30.2. The average molecular weight is 441 g/mol. The number of likely N-dealkylation sites (N-methyl/N-ethyl adjacent to an activating group) is 1. The molecule has 1 saturated heterocycles. The number of benzene rings is 1. The Hall–Kier alpha value is -2.58. The highest BCUT2D eigenvalue weighted by atomic mass is 32.1. The van der Waals surface area contributed by atoms with E-state index in [1.54, 1.807) is 0 Å². The Labute approximate surface area is 184 Å². The Morgan fingerprint density at radius 1 is 1.17 bits per heavy atom. The molecule has 1 aliphatic heterocycles. The highest BCUT2D eigenvalue weighted by Gasteiger charge is 2.33. The van der Waals surface area contributed by atoms with Gasteiger partial charge in [0.25, 0.3) is 11.8 Å². The van der Waals surface area contributed by atoms with Gasteiger partial charge in [0, 0.05) is 26.2 Å². The quantitative estimate of drug-likeness (QED) is 0.584. The maximum atomic E-state index is 13.1. The Balaban J connectivity index is 1.48. The van der Waals surface area contributed by atoms with E-state index < -0.39 is 0 Å². The van der Waals surface area contributed by atoms with Crippen molar-refractivity contribution in [1.82, 2.24) is 18.5 Å². The van der Waals surface area contributed by atoms with Gasteiger partial charge in [-0.15, -0.1) is 11.3 Å². The van der Waals surface area contributed by atoms with Crippen molar-refractivity contribution in [3.05, 3.63) is 70.2 Å². The van der Waals surface area contributed by atoms with Gasteiger partial charge < -0.3 is 9.80 Å². The van der Waals surface area contributed by atoms with Crippen LogP contribution in [0.15, 0.2) is 54.0 Å². The van der Waals surface area contributed by atoms with Crippen LogP contribution < -0.4 is 0 Å². The number of thiophene rings is 1. The summed E-state index contributed by atoms with van der Waals surface area (Å²) >= 11 is 2.53. The van der Waals surface area contributed by atoms with Crippen LogP contribution in [0.5, 0.6) is 0 Å². The van der Waals surface area contributed by atoms with E-state index in [1.165, 1.54) is 23.1 Å². The molecule has 30 heavy (non-hydrogen) atoms. The Morgan fingerprint density at radius 3 is 2.57 bits per heavy atom. The number of rotatable bonds is 6. The van der Waals surface area contributed by atoms with Gasteiger partial charge in [-0.25, -0.2) is 0 Å². The lowest BCUT2D eigenvalue weighted by atomic mass is 9.84. The molecule has 1 aromatic carbocycles. The minimum Gasteiger partial charge on any atom is -0.337 e. The van der Waals surface area contributed by atoms with Gasteiger partial charge in [0.05, 0.1) is 22.8 Å². The zero-order valence-corrected chi connectivity index (χ0v) is 18.4. The third kappa shape index (κ3) is 4.60. The van der Waals surface area contributed by atoms with Crippen LogP contribution in [-0.4, -0.2) is 56.5 Å². The zero-order chi connectivity index (χ0) is 20.9. The van der Waals surface area contributed by atoms with Crippen LogP contribution in [0.4, 0.5) is 0 Å². The summed E-state index contributed by atoms with van der Waals surface area (Å²) < 4.78 is 8.00. The van der Waals surface area contributed by atoms with Crippen LogP contribution >= 0.6 is 23.1 Å². The van der Waals surface area contributed by atoms with Crippen molar-refractivity contribution in [2.75, 3.05) is 20.1 Å². The monoisotopic (exact) mass is 440 g/mol. The van der Waals surface area contributed by atoms with Crippen LogP contribution in [0, 0.1) is 5.92 Å². The molecule has 0 saturated carbocycles. The molecule has 1 aliphatic rings. The van der Waals surface area contributed by atoms with Crippen molar-refractivity contribution in [3.63, 3.8) is 0 Å². The number of hydrogen-bond acceptors (Lipinski definition) is 6. The summed E-state index contributed by atoms with van der Waals surface area (Å²) in [6.45, 7) is 1.35. The first-order valence-electron chi connectivity index (χ1n) is 10.0. The smallest absolute Gasteiger partial charge is 0.275 e. The SMILES string of the molecule is CN(C(=O)c1cccs1)[C@H](Cc1ccccc1)C1CCN(C(=O)c2cnsn2)CC1. The molecule has 156 valence electrons. The van der Waals surface area contributed by atoms with E-state index in [2.05, 4.69) is 20.9 Å². The van der Waals surface area contributed by atoms with Gasteiger partial charge in [0.1, 0.15) is 0 Å². The second-order valence-electron chi connectivity index (χ2n) is 7.57. The molecular weight excluding hydrogens is 416 g/mol. The molecule has 3 aromatic rings. The lowest BCUT2D eigenvalue weighted by Gasteiger charge is -2.40. The van der Waals surface area contributed by atoms with E-state index in [0.29, 0.717) is 24.7 Å². The normalized spacial score (nSPS) is 15.7. The van der Waals surface area contributed by atoms with Crippen molar-refractivity contribution < 1.29 is 9.59 Å². The average Bonchev–Trinajstić information content (AvgIpc) is 3.51. The van der Waals surface area contributed by atoms with Crippen molar-refractivity contribution in [2.45, 2.75) is 25.3 Å². The van der Waals surface area contributed by atoms with E-state index in [4.69, 9.17) is 0 Å². The Kier molecular flexibility index (Phi) is 6.54. The third-order valence-corrected chi connectivity index (χ3v) is 7.12. The van der Waals surface area contributed by atoms with Gasteiger partial charge in [0.15, 0.2) is 5.69 Å². The number of carbonyl (C=O) groups is 2. The lowest BCUT2D eigenvalue weighted by Crippen LogP contribution is -2.48. The summed E-state index contributed by atoms with van der Waals surface area (Å²) in [6, 6.07) is 14.2. The standard InChI is InChI=1S/C22H24N4O2S2/c1-25(22(28)20-8-5-13-29-20)19(14-16-6-3-2-4-7-16)17-9-11-26(12-10-17)21(27)18-15-23-30-24-18/h2-8,13,15,17,19H,9-12,14H2,1H3/t19-/m1/s1. The first-order valence-corrected chi connectivity index (χ1v) is 11.7. The molecule has 0 spiro atoms. The fourth-order valence-electron chi connectivity index (χ4n) is 4.11. The molecule has 1 atom stereocenters. The van der Waals surface area contributed by atoms with E-state index in [0.717, 1.165) is 35.9 Å². The molecule has 0 bridgehead atoms. The zero-order valence-electron chi connectivity index (χ0n) is 16.8. The van der Waals surface area contributed by atoms with Gasteiger partial charge in [-0.2, -0.15) is 8.75 Å². The molecule has 8 heteroatoms. The summed E-state index contributed by atoms with van der Waals surface area (Å²) in [7, 11) is 1.91. The molecule has 3 heterocycles. The molecular formula is C22H24N4O2S2. The second-order valence-corrected chi connectivity index (χ2v) is 9.08. The van der Waals surface area contributed by atoms with E-state index >= 15 is 0 Å². The summed E-state index contributed by atoms with van der Waals surface area (Å²) in [6.07, 6.45) is 4.07. The van der Waals surface area contributed by atoms with Crippen LogP contribution in [0.3, 0.4) is 0 Å². The van der Waals surface area contributed by atoms with Crippen molar-refractivity contribution >= 4 is 34.9 Å². The topological polar surface area (TPSA) is 66.4 Å². The number of likely N-dealkylation sites (tertiary alicyclic amines) is 1. The van der Waals surface area contributed by atoms with E-state index in [1.807, 2.05) is 52.6 Å². The third-order valence-electron chi connectivity index (χ3n) is 5.79. The predicted octanol–water partition coefficient (Wildman–Crippen LogP) is 3.84. The Bertz CT molecular complexity index is 952. The van der Waals surface area contributed by atoms with Crippen LogP contribution in [0.2, 0.25) is 0 Å². The lowest BCUT2D eigenvalue weighted by molar-refractivity contribution is 0.0523. The summed E-state index contributed by atoms with van der Waals surface area (Å²) in [5.41, 5.74) is 1.64. The highest BCUT2D eigenvalue weighted by molar-refractivity contribution is 7.12. The molecule has 1 fully saturated rings. The molecule has 0 aliphatic carbocycles. The van der Waals surface area contributed by atoms with Crippen molar-refractivity contribution in [1.29, 1.82) is 0 Å². The van der Waals surface area contributed by atoms with Crippen LogP contribution in [0.25, 0.3) is 0 Å². The fraction of sp³-hybridized carbons (Fsp3) is 0.364. The first kappa shape index (κ1) is 20.7. The number of aromatic nitrogens is 2. The molecule has 0 unspecified atom stereocenters. The molecule has 0 radical (unpaired) electrons. The minimum atomic E-state index is -0.0511. The van der Waals surface area contributed by atoms with Crippen LogP contribution in [0.1, 0.15) is 38.6 Å². The molecule has 2 amide bonds. The van der Waals surface area contributed by atoms with E-state index in [9.17, 15) is 9.59 Å². The first-order chi connectivity index (χ1) is 14.6. The molecule has 0 N–H and O–H groups in total. The molecule has 6 nitrogen and oxygen atoms in total. The number of hydrogen-bond donors (Lipinski definition) is 0. The van der Waals surface area contributed by atoms with Gasteiger partial charge in [0.2, 0.25) is 0 Å². The number of carbonyl (C=O) groups excluding carboxylic acids is 2. The number of amides is 2. The molecule has 2 aromatic heterocycles. The maximum Gasteiger partial charge on any atom is 0.275 e. The highest BCUT2D eigenvalue weighted by Crippen LogP contribution is 2.28. The molecule has 4 rings (SSSR count). The number of piperidine rings is 1. The van der Waals surface area contributed by atoms with Gasteiger partial charge in [-0.3, -0.25) is 9.59 Å². The van der Waals surface area contributed by atoms with Gasteiger partial charge in [-0.05, 0) is 42.2 Å². The van der Waals surface area contributed by atoms with Crippen molar-refractivity contribution in [2.24, 2.45) is 5.92 Å². The number of nitrogens with zero attached hydrogens (tertiary/aromatic N) is 4. The Morgan fingerprint density at radius 2 is 1.93 bits per heavy atom. The van der Waals surface area contributed by atoms with Gasteiger partial charge >= 0.3 is 0 Å². The van der Waals surface area contributed by atoms with E-state index in [-0.39, 0.29) is 17.9 Å². The predicted molar refractivity (Wildman–Crippen MR) is 119 cm³/mol. The summed E-state index contributed by atoms with van der Waals surface area (Å²) in [5, 5.41) is 1.94. The largest absolute Gasteiger partial charge is 0.337 e. The van der Waals surface area contributed by atoms with Crippen molar-refractivity contribution in [3.8, 4) is 0 Å². The summed E-state index contributed by atoms with van der Waals surface area (Å²) in [5.74, 6) is 0.347. The maximum absolute atomic E-state index is 13.1. The van der Waals surface area contributed by atoms with Crippen LogP contribution in [-0.2, 0) is 6.42 Å². The minimum absolute atomic E-state index is 0.0511.